The van der Waals surface area contributed by atoms with Crippen molar-refractivity contribution in [2.24, 2.45) is 10.8 Å². The van der Waals surface area contributed by atoms with Crippen LogP contribution in [0, 0.1) is 10.8 Å². The molecule has 0 bridgehead atoms. The van der Waals surface area contributed by atoms with Crippen LogP contribution in [0.15, 0.2) is 22.7 Å². The minimum atomic E-state index is -0.621. The number of carbonyl (C=O) groups excluding carboxylic acids is 2. The molecule has 0 amide bonds. The van der Waals surface area contributed by atoms with Crippen LogP contribution < -0.4 is 0 Å². The van der Waals surface area contributed by atoms with Crippen molar-refractivity contribution in [3.63, 3.8) is 0 Å². The van der Waals surface area contributed by atoms with Crippen molar-refractivity contribution in [3.05, 3.63) is 22.7 Å². The van der Waals surface area contributed by atoms with Crippen LogP contribution in [0.5, 0.6) is 0 Å². The van der Waals surface area contributed by atoms with Gasteiger partial charge in [-0.2, -0.15) is 0 Å². The first-order valence-electron chi connectivity index (χ1n) is 6.24. The van der Waals surface area contributed by atoms with Crippen molar-refractivity contribution in [2.45, 2.75) is 41.5 Å². The second-order valence-corrected chi connectivity index (χ2v) is 6.79. The lowest BCUT2D eigenvalue weighted by atomic mass is 9.73. The fraction of sp³-hybridized carbons (Fsp3) is 0.600. The number of rotatable bonds is 1. The number of carbonyl (C=O) groups is 2. The molecule has 1 aliphatic rings. The molecule has 106 valence electrons. The van der Waals surface area contributed by atoms with E-state index in [4.69, 9.17) is 4.74 Å². The lowest BCUT2D eigenvalue weighted by molar-refractivity contribution is -0.122. The molecule has 0 atom stereocenters. The van der Waals surface area contributed by atoms with Crippen molar-refractivity contribution in [1.82, 2.24) is 0 Å². The van der Waals surface area contributed by atoms with Crippen LogP contribution in [0.4, 0.5) is 0 Å². The molecule has 1 aliphatic carbocycles. The third-order valence-electron chi connectivity index (χ3n) is 3.04. The van der Waals surface area contributed by atoms with Crippen molar-refractivity contribution in [1.29, 1.82) is 0 Å². The highest BCUT2D eigenvalue weighted by Gasteiger charge is 2.43. The molecule has 4 nitrogen and oxygen atoms in total. The predicted molar refractivity (Wildman–Crippen MR) is 72.6 cm³/mol. The Bertz CT molecular complexity index is 493. The first-order chi connectivity index (χ1) is 8.42. The van der Waals surface area contributed by atoms with Gasteiger partial charge < -0.3 is 9.84 Å². The Kier molecular flexibility index (Phi) is 3.67. The first-order valence-corrected chi connectivity index (χ1v) is 6.24. The van der Waals surface area contributed by atoms with Gasteiger partial charge in [-0.1, -0.05) is 41.5 Å². The predicted octanol–water partition coefficient (Wildman–Crippen LogP) is 2.94. The maximum atomic E-state index is 12.5. The molecule has 0 unspecified atom stereocenters. The highest BCUT2D eigenvalue weighted by Crippen LogP contribution is 2.40. The van der Waals surface area contributed by atoms with Gasteiger partial charge in [-0.05, 0) is 10.8 Å². The third-order valence-corrected chi connectivity index (χ3v) is 3.04. The lowest BCUT2D eigenvalue weighted by Crippen LogP contribution is -2.35. The maximum absolute atomic E-state index is 12.5. The van der Waals surface area contributed by atoms with E-state index in [1.807, 2.05) is 20.8 Å². The van der Waals surface area contributed by atoms with Crippen LogP contribution in [-0.4, -0.2) is 23.8 Å². The Morgan fingerprint density at radius 3 is 1.58 bits per heavy atom. The summed E-state index contributed by atoms with van der Waals surface area (Å²) in [6.45, 7) is 10.8. The molecule has 0 radical (unpaired) electrons. The van der Waals surface area contributed by atoms with E-state index in [9.17, 15) is 14.7 Å². The number of methoxy groups -OCH3 is 1. The summed E-state index contributed by atoms with van der Waals surface area (Å²) in [5, 5.41) is 10.1. The van der Waals surface area contributed by atoms with Crippen molar-refractivity contribution < 1.29 is 19.4 Å². The number of hydrogen-bond acceptors (Lipinski definition) is 4. The van der Waals surface area contributed by atoms with E-state index >= 15 is 0 Å². The largest absolute Gasteiger partial charge is 0.504 e. The Labute approximate surface area is 114 Å². The molecular weight excluding hydrogens is 244 g/mol. The Hall–Kier alpha value is -1.58. The van der Waals surface area contributed by atoms with Gasteiger partial charge in [0, 0.05) is 0 Å². The van der Waals surface area contributed by atoms with Crippen molar-refractivity contribution >= 4 is 11.6 Å². The van der Waals surface area contributed by atoms with Gasteiger partial charge in [-0.25, -0.2) is 0 Å². The molecule has 4 heteroatoms. The summed E-state index contributed by atoms with van der Waals surface area (Å²) in [4.78, 5) is 24.8. The van der Waals surface area contributed by atoms with Gasteiger partial charge in [0.1, 0.15) is 0 Å². The molecule has 1 rings (SSSR count). The molecule has 0 spiro atoms. The molecule has 1 N–H and O–H groups in total. The van der Waals surface area contributed by atoms with Gasteiger partial charge in [0.25, 0.3) is 0 Å². The van der Waals surface area contributed by atoms with Crippen LogP contribution in [0.3, 0.4) is 0 Å². The molecule has 0 fully saturated rings. The topological polar surface area (TPSA) is 63.6 Å². The molecule has 19 heavy (non-hydrogen) atoms. The number of Topliss-reactive ketones (excluding diaryl/α,β-unsaturated/α-hetero) is 2. The number of hydrogen-bond donors (Lipinski definition) is 1. The van der Waals surface area contributed by atoms with Crippen LogP contribution >= 0.6 is 0 Å². The molecule has 0 heterocycles. The maximum Gasteiger partial charge on any atom is 0.228 e. The van der Waals surface area contributed by atoms with Crippen LogP contribution in [0.2, 0.25) is 0 Å². The van der Waals surface area contributed by atoms with E-state index in [-0.39, 0.29) is 16.9 Å². The summed E-state index contributed by atoms with van der Waals surface area (Å²) in [5.41, 5.74) is -0.854. The van der Waals surface area contributed by atoms with Gasteiger partial charge in [0.15, 0.2) is 11.5 Å². The normalized spacial score (nSPS) is 18.3. The Morgan fingerprint density at radius 1 is 0.842 bits per heavy atom. The number of allylic oxidation sites excluding steroid dienone is 2. The van der Waals surface area contributed by atoms with E-state index < -0.39 is 28.2 Å². The quantitative estimate of drug-likeness (QED) is 0.741. The summed E-state index contributed by atoms with van der Waals surface area (Å²) >= 11 is 0. The number of ether oxygens (including phenoxy) is 1. The van der Waals surface area contributed by atoms with Gasteiger partial charge in [0.2, 0.25) is 11.6 Å². The average molecular weight is 266 g/mol. The van der Waals surface area contributed by atoms with E-state index in [1.165, 1.54) is 7.11 Å². The summed E-state index contributed by atoms with van der Waals surface area (Å²) < 4.78 is 5.15. The number of ketones is 2. The second kappa shape index (κ2) is 4.51. The van der Waals surface area contributed by atoms with Crippen molar-refractivity contribution in [3.8, 4) is 0 Å². The zero-order valence-corrected chi connectivity index (χ0v) is 12.7. The van der Waals surface area contributed by atoms with E-state index in [1.54, 1.807) is 20.8 Å². The molecule has 0 aromatic rings. The van der Waals surface area contributed by atoms with E-state index in [0.717, 1.165) is 0 Å². The minimum Gasteiger partial charge on any atom is -0.504 e. The fourth-order valence-electron chi connectivity index (χ4n) is 2.24. The SMILES string of the molecule is COC1=C(C(C)(C)C)C(=O)C(O)=C(C(C)(C)C)C1=O. The molecule has 0 aliphatic heterocycles. The zero-order valence-electron chi connectivity index (χ0n) is 12.7. The fourth-order valence-corrected chi connectivity index (χ4v) is 2.24. The van der Waals surface area contributed by atoms with Gasteiger partial charge in [0.05, 0.1) is 18.3 Å². The van der Waals surface area contributed by atoms with Crippen LogP contribution in [0.25, 0.3) is 0 Å². The molecular formula is C15H22O4. The highest BCUT2D eigenvalue weighted by atomic mass is 16.5. The summed E-state index contributed by atoms with van der Waals surface area (Å²) in [5.74, 6) is -1.34. The standard InChI is InChI=1S/C15H22O4/c1-14(2,3)8-10(16)11(17)9(15(4,5)6)13(19-7)12(8)18/h16H,1-7H3. The first kappa shape index (κ1) is 15.5. The molecule has 0 saturated heterocycles. The minimum absolute atomic E-state index is 0.0419. The summed E-state index contributed by atoms with van der Waals surface area (Å²) in [6, 6.07) is 0. The number of aliphatic hydroxyl groups is 1. The number of aliphatic hydroxyl groups excluding tert-OH is 1. The summed E-state index contributed by atoms with van der Waals surface area (Å²) in [6.07, 6.45) is 0. The summed E-state index contributed by atoms with van der Waals surface area (Å²) in [7, 11) is 1.37. The molecule has 0 aromatic carbocycles. The lowest BCUT2D eigenvalue weighted by Gasteiger charge is -2.32. The van der Waals surface area contributed by atoms with Gasteiger partial charge in [-0.15, -0.1) is 0 Å². The Morgan fingerprint density at radius 2 is 1.26 bits per heavy atom. The van der Waals surface area contributed by atoms with E-state index in [2.05, 4.69) is 0 Å². The molecule has 0 saturated carbocycles. The smallest absolute Gasteiger partial charge is 0.228 e. The zero-order chi connectivity index (χ0) is 15.2. The van der Waals surface area contributed by atoms with Crippen LogP contribution in [-0.2, 0) is 14.3 Å². The Balaban J connectivity index is 3.59. The van der Waals surface area contributed by atoms with Gasteiger partial charge in [-0.3, -0.25) is 9.59 Å². The van der Waals surface area contributed by atoms with Crippen molar-refractivity contribution in [2.75, 3.05) is 7.11 Å². The second-order valence-electron chi connectivity index (χ2n) is 6.79. The monoisotopic (exact) mass is 266 g/mol. The molecule has 0 aromatic heterocycles. The van der Waals surface area contributed by atoms with E-state index in [0.29, 0.717) is 0 Å². The third kappa shape index (κ3) is 2.57. The average Bonchev–Trinajstić information content (AvgIpc) is 2.19. The van der Waals surface area contributed by atoms with Gasteiger partial charge >= 0.3 is 0 Å². The highest BCUT2D eigenvalue weighted by molar-refractivity contribution is 6.24. The van der Waals surface area contributed by atoms with Crippen LogP contribution in [0.1, 0.15) is 41.5 Å².